The lowest BCUT2D eigenvalue weighted by Gasteiger charge is -2.40. The molecule has 0 unspecified atom stereocenters. The third kappa shape index (κ3) is 3.14. The maximum Gasteiger partial charge on any atom is 0.226 e. The topological polar surface area (TPSA) is 62.6 Å². The molecule has 1 aromatic heterocycles. The summed E-state index contributed by atoms with van der Waals surface area (Å²) in [6, 6.07) is 3.75. The number of rotatable bonds is 5. The van der Waals surface area contributed by atoms with Crippen LogP contribution in [0, 0.1) is 16.7 Å². The second kappa shape index (κ2) is 6.38. The summed E-state index contributed by atoms with van der Waals surface area (Å²) in [5.41, 5.74) is -0.907. The highest BCUT2D eigenvalue weighted by Crippen LogP contribution is 2.56. The molecule has 0 spiro atoms. The third-order valence-corrected chi connectivity index (χ3v) is 5.70. The van der Waals surface area contributed by atoms with Gasteiger partial charge in [0, 0.05) is 33.0 Å². The first kappa shape index (κ1) is 17.6. The zero-order valence-corrected chi connectivity index (χ0v) is 14.8. The molecule has 2 amide bonds. The zero-order chi connectivity index (χ0) is 17.3. The Hall–Kier alpha value is -1.78. The van der Waals surface area contributed by atoms with E-state index in [4.69, 9.17) is 4.42 Å². The van der Waals surface area contributed by atoms with Gasteiger partial charge in [-0.15, -0.1) is 0 Å². The van der Waals surface area contributed by atoms with Crippen molar-refractivity contribution in [3.05, 3.63) is 24.2 Å². The van der Waals surface area contributed by atoms with E-state index < -0.39 is 5.41 Å². The molecule has 1 N–H and O–H groups in total. The highest BCUT2D eigenvalue weighted by atomic mass is 16.3. The summed E-state index contributed by atoms with van der Waals surface area (Å²) in [6.07, 6.45) is 3.80. The molecule has 23 heavy (non-hydrogen) atoms. The summed E-state index contributed by atoms with van der Waals surface area (Å²) < 4.78 is 5.28. The summed E-state index contributed by atoms with van der Waals surface area (Å²) in [5.74, 6) is 0.894. The first-order valence-corrected chi connectivity index (χ1v) is 8.22. The lowest BCUT2D eigenvalue weighted by molar-refractivity contribution is -0.142. The fraction of sp³-hybridized carbons (Fsp3) is 0.667. The summed E-state index contributed by atoms with van der Waals surface area (Å²) in [7, 11) is 3.55. The first-order chi connectivity index (χ1) is 10.7. The molecule has 0 saturated heterocycles. The summed E-state index contributed by atoms with van der Waals surface area (Å²) in [6.45, 7) is 6.61. The van der Waals surface area contributed by atoms with E-state index in [2.05, 4.69) is 5.32 Å². The fourth-order valence-corrected chi connectivity index (χ4v) is 3.60. The molecular weight excluding hydrogens is 292 g/mol. The molecule has 128 valence electrons. The number of carbonyl (C=O) groups excluding carboxylic acids is 2. The van der Waals surface area contributed by atoms with Crippen molar-refractivity contribution in [2.45, 2.75) is 40.0 Å². The van der Waals surface area contributed by atoms with E-state index in [1.807, 2.05) is 32.9 Å². The van der Waals surface area contributed by atoms with Gasteiger partial charge >= 0.3 is 0 Å². The van der Waals surface area contributed by atoms with Crippen LogP contribution in [0.25, 0.3) is 0 Å². The van der Waals surface area contributed by atoms with Crippen molar-refractivity contribution in [3.63, 3.8) is 0 Å². The van der Waals surface area contributed by atoms with Crippen LogP contribution in [-0.4, -0.2) is 37.4 Å². The number of nitrogens with zero attached hydrogens (tertiary/aromatic N) is 1. The van der Waals surface area contributed by atoms with Crippen LogP contribution in [0.3, 0.4) is 0 Å². The van der Waals surface area contributed by atoms with Gasteiger partial charge in [-0.05, 0) is 30.4 Å². The van der Waals surface area contributed by atoms with Gasteiger partial charge < -0.3 is 14.6 Å². The van der Waals surface area contributed by atoms with Crippen molar-refractivity contribution in [3.8, 4) is 0 Å². The molecule has 1 aromatic rings. The predicted molar refractivity (Wildman–Crippen MR) is 88.7 cm³/mol. The van der Waals surface area contributed by atoms with E-state index in [0.29, 0.717) is 13.0 Å². The molecule has 1 aliphatic rings. The van der Waals surface area contributed by atoms with Gasteiger partial charge in [0.05, 0.1) is 11.7 Å². The van der Waals surface area contributed by atoms with Crippen molar-refractivity contribution in [1.82, 2.24) is 10.2 Å². The average Bonchev–Trinajstić information content (AvgIpc) is 3.06. The lowest BCUT2D eigenvalue weighted by atomic mass is 9.65. The Morgan fingerprint density at radius 2 is 2.04 bits per heavy atom. The van der Waals surface area contributed by atoms with E-state index in [9.17, 15) is 9.59 Å². The summed E-state index contributed by atoms with van der Waals surface area (Å²) >= 11 is 0. The second-order valence-corrected chi connectivity index (χ2v) is 7.46. The van der Waals surface area contributed by atoms with E-state index in [-0.39, 0.29) is 23.1 Å². The smallest absolute Gasteiger partial charge is 0.226 e. The van der Waals surface area contributed by atoms with Crippen molar-refractivity contribution in [1.29, 1.82) is 0 Å². The molecule has 5 heteroatoms. The van der Waals surface area contributed by atoms with Crippen LogP contribution in [0.5, 0.6) is 0 Å². The molecule has 1 aliphatic carbocycles. The minimum Gasteiger partial charge on any atom is -0.469 e. The van der Waals surface area contributed by atoms with Gasteiger partial charge in [0.1, 0.15) is 5.76 Å². The van der Waals surface area contributed by atoms with Crippen LogP contribution >= 0.6 is 0 Å². The molecule has 0 bridgehead atoms. The Kier molecular flexibility index (Phi) is 4.87. The lowest BCUT2D eigenvalue weighted by Crippen LogP contribution is -2.49. The van der Waals surface area contributed by atoms with E-state index >= 15 is 0 Å². The molecule has 1 heterocycles. The Morgan fingerprint density at radius 1 is 1.35 bits per heavy atom. The Bertz CT molecular complexity index is 563. The molecule has 0 aliphatic heterocycles. The van der Waals surface area contributed by atoms with Crippen molar-refractivity contribution in [2.24, 2.45) is 16.7 Å². The van der Waals surface area contributed by atoms with Gasteiger partial charge in [-0.2, -0.15) is 0 Å². The predicted octanol–water partition coefficient (Wildman–Crippen LogP) is 2.47. The largest absolute Gasteiger partial charge is 0.469 e. The van der Waals surface area contributed by atoms with E-state index in [0.717, 1.165) is 18.6 Å². The highest BCUT2D eigenvalue weighted by Gasteiger charge is 2.58. The van der Waals surface area contributed by atoms with E-state index in [1.54, 1.807) is 25.3 Å². The number of nitrogens with one attached hydrogen (secondary N) is 1. The van der Waals surface area contributed by atoms with Crippen molar-refractivity contribution in [2.75, 3.05) is 20.6 Å². The molecule has 0 aromatic carbocycles. The SMILES string of the molecule is CN(C)C(=O)[C@@H]1CC[C@](C)(C(=O)NCCc2ccco2)C1(C)C. The van der Waals surface area contributed by atoms with Crippen LogP contribution in [-0.2, 0) is 16.0 Å². The van der Waals surface area contributed by atoms with Gasteiger partial charge in [0.25, 0.3) is 0 Å². The molecular formula is C18H28N2O3. The number of hydrogen-bond acceptors (Lipinski definition) is 3. The quantitative estimate of drug-likeness (QED) is 0.906. The maximum atomic E-state index is 12.8. The second-order valence-electron chi connectivity index (χ2n) is 7.46. The highest BCUT2D eigenvalue weighted by molar-refractivity contribution is 5.87. The molecule has 0 radical (unpaired) electrons. The fourth-order valence-electron chi connectivity index (χ4n) is 3.60. The Balaban J connectivity index is 2.02. The number of amides is 2. The van der Waals surface area contributed by atoms with Crippen LogP contribution in [0.15, 0.2) is 22.8 Å². The minimum atomic E-state index is -0.535. The van der Waals surface area contributed by atoms with Gasteiger partial charge in [-0.3, -0.25) is 9.59 Å². The summed E-state index contributed by atoms with van der Waals surface area (Å²) in [4.78, 5) is 26.8. The third-order valence-electron chi connectivity index (χ3n) is 5.70. The minimum absolute atomic E-state index is 0.0307. The Labute approximate surface area is 138 Å². The normalized spacial score (nSPS) is 26.0. The molecule has 1 saturated carbocycles. The van der Waals surface area contributed by atoms with Crippen LogP contribution < -0.4 is 5.32 Å². The monoisotopic (exact) mass is 320 g/mol. The van der Waals surface area contributed by atoms with Crippen molar-refractivity contribution >= 4 is 11.8 Å². The van der Waals surface area contributed by atoms with Gasteiger partial charge in [-0.1, -0.05) is 20.8 Å². The molecule has 2 rings (SSSR count). The number of furan rings is 1. The number of carbonyl (C=O) groups is 2. The number of hydrogen-bond donors (Lipinski definition) is 1. The van der Waals surface area contributed by atoms with Gasteiger partial charge in [0.2, 0.25) is 11.8 Å². The Morgan fingerprint density at radius 3 is 2.61 bits per heavy atom. The van der Waals surface area contributed by atoms with Gasteiger partial charge in [-0.25, -0.2) is 0 Å². The van der Waals surface area contributed by atoms with Gasteiger partial charge in [0.15, 0.2) is 0 Å². The molecule has 1 fully saturated rings. The van der Waals surface area contributed by atoms with E-state index in [1.165, 1.54) is 0 Å². The van der Waals surface area contributed by atoms with Crippen LogP contribution in [0.1, 0.15) is 39.4 Å². The zero-order valence-electron chi connectivity index (χ0n) is 14.8. The maximum absolute atomic E-state index is 12.8. The van der Waals surface area contributed by atoms with Crippen LogP contribution in [0.4, 0.5) is 0 Å². The molecule has 5 nitrogen and oxygen atoms in total. The standard InChI is InChI=1S/C18H28N2O3/c1-17(2)14(15(21)20(4)5)8-10-18(17,3)16(22)19-11-9-13-7-6-12-23-13/h6-7,12,14H,8-11H2,1-5H3,(H,19,22)/t14-,18+/m0/s1. The molecule has 2 atom stereocenters. The average molecular weight is 320 g/mol. The van der Waals surface area contributed by atoms with Crippen molar-refractivity contribution < 1.29 is 14.0 Å². The first-order valence-electron chi connectivity index (χ1n) is 8.22. The summed E-state index contributed by atoms with van der Waals surface area (Å²) in [5, 5.41) is 3.02. The van der Waals surface area contributed by atoms with Crippen LogP contribution in [0.2, 0.25) is 0 Å².